The number of rotatable bonds is 12. The van der Waals surface area contributed by atoms with Crippen LogP contribution in [0, 0.1) is 0 Å². The molecule has 1 N–H and O–H groups in total. The molecule has 33 heavy (non-hydrogen) atoms. The Morgan fingerprint density at radius 2 is 1.76 bits per heavy atom. The molecule has 1 aromatic heterocycles. The van der Waals surface area contributed by atoms with Crippen LogP contribution in [-0.2, 0) is 0 Å². The highest BCUT2D eigenvalue weighted by atomic mass is 16.5. The fourth-order valence-electron chi connectivity index (χ4n) is 3.80. The van der Waals surface area contributed by atoms with Gasteiger partial charge in [0.15, 0.2) is 6.23 Å². The van der Waals surface area contributed by atoms with Gasteiger partial charge in [0.2, 0.25) is 0 Å². The van der Waals surface area contributed by atoms with Gasteiger partial charge in [0, 0.05) is 22.7 Å². The molecule has 2 atom stereocenters. The molecule has 0 saturated heterocycles. The van der Waals surface area contributed by atoms with Crippen LogP contribution in [0.5, 0.6) is 5.75 Å². The Hall–Kier alpha value is -3.05. The minimum atomic E-state index is -1.11. The molecule has 3 aromatic rings. The highest BCUT2D eigenvalue weighted by Gasteiger charge is 2.30. The van der Waals surface area contributed by atoms with Crippen LogP contribution >= 0.6 is 0 Å². The molecule has 2 aromatic carbocycles. The van der Waals surface area contributed by atoms with E-state index in [2.05, 4.69) is 6.92 Å². The summed E-state index contributed by atoms with van der Waals surface area (Å²) in [5.41, 5.74) is 2.02. The van der Waals surface area contributed by atoms with E-state index in [1.54, 1.807) is 23.3 Å². The summed E-state index contributed by atoms with van der Waals surface area (Å²) in [5, 5.41) is 11.4. The molecule has 1 amide bonds. The molecule has 0 aliphatic rings. The summed E-state index contributed by atoms with van der Waals surface area (Å²) in [4.78, 5) is 15.0. The van der Waals surface area contributed by atoms with E-state index in [0.29, 0.717) is 29.9 Å². The molecule has 0 fully saturated rings. The molecule has 5 nitrogen and oxygen atoms in total. The van der Waals surface area contributed by atoms with Gasteiger partial charge in [0.25, 0.3) is 5.91 Å². The lowest BCUT2D eigenvalue weighted by Crippen LogP contribution is -2.41. The van der Waals surface area contributed by atoms with Crippen LogP contribution in [-0.4, -0.2) is 28.6 Å². The number of aliphatic hydroxyl groups is 1. The zero-order chi connectivity index (χ0) is 23.6. The molecule has 1 heterocycles. The maximum Gasteiger partial charge on any atom is 0.256 e. The van der Waals surface area contributed by atoms with Crippen molar-refractivity contribution in [3.8, 4) is 17.1 Å². The van der Waals surface area contributed by atoms with Crippen molar-refractivity contribution in [2.45, 2.75) is 65.1 Å². The Balaban J connectivity index is 1.80. The lowest BCUT2D eigenvalue weighted by atomic mass is 10.0. The van der Waals surface area contributed by atoms with Crippen LogP contribution < -0.4 is 4.74 Å². The maximum absolute atomic E-state index is 13.5. The van der Waals surface area contributed by atoms with Gasteiger partial charge < -0.3 is 19.2 Å². The van der Waals surface area contributed by atoms with Crippen LogP contribution in [0.2, 0.25) is 0 Å². The van der Waals surface area contributed by atoms with Crippen molar-refractivity contribution in [3.63, 3.8) is 0 Å². The number of nitrogens with zero attached hydrogens (tertiary/aromatic N) is 1. The zero-order valence-electron chi connectivity index (χ0n) is 19.9. The lowest BCUT2D eigenvalue weighted by molar-refractivity contribution is -0.0129. The molecular weight excluding hydrogens is 414 g/mol. The highest BCUT2D eigenvalue weighted by Crippen LogP contribution is 2.31. The quantitative estimate of drug-likeness (QED) is 0.243. The number of hydrogen-bond donors (Lipinski definition) is 1. The Morgan fingerprint density at radius 1 is 1.00 bits per heavy atom. The van der Waals surface area contributed by atoms with Gasteiger partial charge in [0.1, 0.15) is 11.5 Å². The molecule has 0 radical (unpaired) electrons. The van der Waals surface area contributed by atoms with Crippen molar-refractivity contribution < 1.29 is 19.1 Å². The average molecular weight is 450 g/mol. The van der Waals surface area contributed by atoms with E-state index < -0.39 is 6.23 Å². The number of benzene rings is 2. The van der Waals surface area contributed by atoms with Crippen LogP contribution in [0.4, 0.5) is 0 Å². The molecule has 5 heteroatoms. The number of furan rings is 1. The number of amides is 1. The summed E-state index contributed by atoms with van der Waals surface area (Å²) >= 11 is 0. The normalized spacial score (nSPS) is 12.8. The third kappa shape index (κ3) is 6.26. The fraction of sp³-hybridized carbons (Fsp3) is 0.393. The summed E-state index contributed by atoms with van der Waals surface area (Å²) in [7, 11) is 0. The number of aliphatic hydroxyl groups excluding tert-OH is 1. The van der Waals surface area contributed by atoms with Crippen molar-refractivity contribution in [1.29, 1.82) is 0 Å². The van der Waals surface area contributed by atoms with Crippen LogP contribution in [0.3, 0.4) is 0 Å². The van der Waals surface area contributed by atoms with Gasteiger partial charge in [-0.2, -0.15) is 0 Å². The monoisotopic (exact) mass is 449 g/mol. The lowest BCUT2D eigenvalue weighted by Gasteiger charge is -2.34. The van der Waals surface area contributed by atoms with Gasteiger partial charge in [-0.3, -0.25) is 4.79 Å². The molecular formula is C28H35NO4. The van der Waals surface area contributed by atoms with E-state index in [1.807, 2.05) is 62.4 Å². The predicted octanol–water partition coefficient (Wildman–Crippen LogP) is 6.84. The molecule has 0 saturated carbocycles. The minimum absolute atomic E-state index is 0.158. The minimum Gasteiger partial charge on any atom is -0.493 e. The molecule has 0 aliphatic heterocycles. The molecule has 3 rings (SSSR count). The molecule has 176 valence electrons. The summed E-state index contributed by atoms with van der Waals surface area (Å²) in [6.45, 7) is 6.73. The van der Waals surface area contributed by atoms with Crippen molar-refractivity contribution >= 4 is 5.91 Å². The van der Waals surface area contributed by atoms with Crippen LogP contribution in [0.1, 0.15) is 75.0 Å². The maximum atomic E-state index is 13.5. The summed E-state index contributed by atoms with van der Waals surface area (Å²) in [6.07, 6.45) is 5.67. The van der Waals surface area contributed by atoms with E-state index >= 15 is 0 Å². The number of hydrogen-bond acceptors (Lipinski definition) is 4. The summed E-state index contributed by atoms with van der Waals surface area (Å²) < 4.78 is 11.4. The van der Waals surface area contributed by atoms with Crippen molar-refractivity contribution in [2.24, 2.45) is 0 Å². The number of carbonyl (C=O) groups is 1. The van der Waals surface area contributed by atoms with Gasteiger partial charge in [-0.15, -0.1) is 0 Å². The Bertz CT molecular complexity index is 981. The first kappa shape index (κ1) is 24.6. The van der Waals surface area contributed by atoms with Crippen LogP contribution in [0.15, 0.2) is 71.3 Å². The first-order valence-corrected chi connectivity index (χ1v) is 11.9. The number of ether oxygens (including phenoxy) is 1. The second kappa shape index (κ2) is 12.3. The van der Waals surface area contributed by atoms with Crippen molar-refractivity contribution in [3.05, 3.63) is 78.1 Å². The average Bonchev–Trinajstić information content (AvgIpc) is 3.39. The first-order chi connectivity index (χ1) is 16.1. The molecule has 0 bridgehead atoms. The Kier molecular flexibility index (Phi) is 9.14. The second-order valence-electron chi connectivity index (χ2n) is 8.34. The zero-order valence-corrected chi connectivity index (χ0v) is 19.9. The summed E-state index contributed by atoms with van der Waals surface area (Å²) in [6, 6.07) is 18.3. The molecule has 0 spiro atoms. The fourth-order valence-corrected chi connectivity index (χ4v) is 3.80. The second-order valence-corrected chi connectivity index (χ2v) is 8.34. The number of unbranched alkanes of at least 4 members (excludes halogenated alkanes) is 3. The van der Waals surface area contributed by atoms with E-state index in [9.17, 15) is 9.90 Å². The smallest absolute Gasteiger partial charge is 0.256 e. The van der Waals surface area contributed by atoms with Gasteiger partial charge in [0.05, 0.1) is 12.9 Å². The van der Waals surface area contributed by atoms with E-state index in [1.165, 1.54) is 12.8 Å². The first-order valence-electron chi connectivity index (χ1n) is 11.9. The van der Waals surface area contributed by atoms with Gasteiger partial charge in [-0.25, -0.2) is 0 Å². The largest absolute Gasteiger partial charge is 0.493 e. The topological polar surface area (TPSA) is 62.9 Å². The molecule has 2 unspecified atom stereocenters. The Labute approximate surface area is 197 Å². The van der Waals surface area contributed by atoms with E-state index in [4.69, 9.17) is 9.15 Å². The standard InChI is InChI=1S/C28H35NO4/c1-4-6-7-10-19-33-26-13-9-8-12-24(26)28(31)29(21(3)5-2)27(30)23-17-15-22(16-18-23)25-14-11-20-32-25/h8-9,11-18,20-21,28,31H,4-7,10,19H2,1-3H3. The highest BCUT2D eigenvalue weighted by molar-refractivity contribution is 5.95. The van der Waals surface area contributed by atoms with Crippen molar-refractivity contribution in [1.82, 2.24) is 4.90 Å². The van der Waals surface area contributed by atoms with Gasteiger partial charge in [-0.1, -0.05) is 63.4 Å². The predicted molar refractivity (Wildman–Crippen MR) is 131 cm³/mol. The van der Waals surface area contributed by atoms with Gasteiger partial charge >= 0.3 is 0 Å². The third-order valence-electron chi connectivity index (χ3n) is 5.95. The SMILES string of the molecule is CCCCCCOc1ccccc1C(O)N(C(=O)c1ccc(-c2ccco2)cc1)C(C)CC. The van der Waals surface area contributed by atoms with Gasteiger partial charge in [-0.05, 0) is 50.1 Å². The van der Waals surface area contributed by atoms with Crippen LogP contribution in [0.25, 0.3) is 11.3 Å². The van der Waals surface area contributed by atoms with E-state index in [-0.39, 0.29) is 11.9 Å². The molecule has 0 aliphatic carbocycles. The van der Waals surface area contributed by atoms with Crippen molar-refractivity contribution in [2.75, 3.05) is 6.61 Å². The van der Waals surface area contributed by atoms with E-state index in [0.717, 1.165) is 24.2 Å². The Morgan fingerprint density at radius 3 is 2.42 bits per heavy atom. The summed E-state index contributed by atoms with van der Waals surface area (Å²) in [5.74, 6) is 1.15. The third-order valence-corrected chi connectivity index (χ3v) is 5.95. The number of carbonyl (C=O) groups excluding carboxylic acids is 1. The number of para-hydroxylation sites is 1.